The van der Waals surface area contributed by atoms with E-state index in [9.17, 15) is 13.2 Å². The van der Waals surface area contributed by atoms with Gasteiger partial charge in [-0.1, -0.05) is 11.6 Å². The number of hydrogen-bond donors (Lipinski definition) is 1. The molecule has 100 valence electrons. The highest BCUT2D eigenvalue weighted by Crippen LogP contribution is 2.24. The average molecular weight is 286 g/mol. The molecule has 0 aromatic heterocycles. The molecule has 0 aliphatic heterocycles. The molecule has 2 rings (SSSR count). The molecule has 1 unspecified atom stereocenters. The summed E-state index contributed by atoms with van der Waals surface area (Å²) in [5.74, 6) is -1.78. The highest BCUT2D eigenvalue weighted by atomic mass is 35.5. The van der Waals surface area contributed by atoms with Crippen LogP contribution in [0.3, 0.4) is 0 Å². The molecule has 0 saturated heterocycles. The molecular weight excluding hydrogens is 275 g/mol. The van der Waals surface area contributed by atoms with Gasteiger partial charge in [0.2, 0.25) is 0 Å². The summed E-state index contributed by atoms with van der Waals surface area (Å²) in [5, 5.41) is 3.19. The van der Waals surface area contributed by atoms with Gasteiger partial charge >= 0.3 is 0 Å². The average Bonchev–Trinajstić information content (AvgIpc) is 2.25. The molecule has 0 fully saturated rings. The van der Waals surface area contributed by atoms with Crippen molar-refractivity contribution in [2.45, 2.75) is 13.0 Å². The zero-order valence-electron chi connectivity index (χ0n) is 10.1. The number of rotatable bonds is 3. The summed E-state index contributed by atoms with van der Waals surface area (Å²) in [6.45, 7) is 1.72. The second-order valence-corrected chi connectivity index (χ2v) is 4.66. The van der Waals surface area contributed by atoms with Crippen molar-refractivity contribution in [3.05, 3.63) is 64.4 Å². The molecule has 0 radical (unpaired) electrons. The van der Waals surface area contributed by atoms with Crippen LogP contribution in [-0.2, 0) is 0 Å². The normalized spacial score (nSPS) is 12.3. The molecule has 1 N–H and O–H groups in total. The molecule has 0 amide bonds. The third-order valence-electron chi connectivity index (χ3n) is 2.63. The topological polar surface area (TPSA) is 12.0 Å². The Bertz CT molecular complexity index is 561. The van der Waals surface area contributed by atoms with Crippen LogP contribution in [0.1, 0.15) is 18.5 Å². The summed E-state index contributed by atoms with van der Waals surface area (Å²) < 4.78 is 39.4. The number of halogens is 4. The first kappa shape index (κ1) is 13.7. The smallest absolute Gasteiger partial charge is 0.126 e. The quantitative estimate of drug-likeness (QED) is 0.843. The highest BCUT2D eigenvalue weighted by Gasteiger charge is 2.09. The van der Waals surface area contributed by atoms with Crippen LogP contribution >= 0.6 is 11.6 Å². The standard InChI is InChI=1S/C14H11ClF3N/c1-8(9-2-11(16)6-12(17)3-9)19-14-5-10(15)4-13(18)7-14/h2-8,19H,1H3. The first-order chi connectivity index (χ1) is 8.94. The van der Waals surface area contributed by atoms with Gasteiger partial charge in [-0.25, -0.2) is 13.2 Å². The van der Waals surface area contributed by atoms with Crippen LogP contribution in [0.2, 0.25) is 5.02 Å². The van der Waals surface area contributed by atoms with E-state index in [1.165, 1.54) is 30.3 Å². The lowest BCUT2D eigenvalue weighted by Gasteiger charge is -2.16. The third kappa shape index (κ3) is 3.64. The second kappa shape index (κ2) is 5.53. The van der Waals surface area contributed by atoms with Crippen LogP contribution in [0, 0.1) is 17.5 Å². The minimum Gasteiger partial charge on any atom is -0.378 e. The maximum atomic E-state index is 13.2. The van der Waals surface area contributed by atoms with Gasteiger partial charge < -0.3 is 5.32 Å². The van der Waals surface area contributed by atoms with Crippen molar-refractivity contribution in [1.29, 1.82) is 0 Å². The molecule has 0 bridgehead atoms. The SMILES string of the molecule is CC(Nc1cc(F)cc(Cl)c1)c1cc(F)cc(F)c1. The van der Waals surface area contributed by atoms with Gasteiger partial charge in [0.15, 0.2) is 0 Å². The van der Waals surface area contributed by atoms with E-state index >= 15 is 0 Å². The fourth-order valence-corrected chi connectivity index (χ4v) is 2.02. The van der Waals surface area contributed by atoms with Gasteiger partial charge in [0, 0.05) is 22.8 Å². The predicted molar refractivity (Wildman–Crippen MR) is 69.8 cm³/mol. The monoisotopic (exact) mass is 285 g/mol. The fraction of sp³-hybridized carbons (Fsp3) is 0.143. The summed E-state index contributed by atoms with van der Waals surface area (Å²) in [6.07, 6.45) is 0. The minimum absolute atomic E-state index is 0.250. The van der Waals surface area contributed by atoms with Crippen LogP contribution in [0.4, 0.5) is 18.9 Å². The molecule has 0 saturated carbocycles. The maximum Gasteiger partial charge on any atom is 0.126 e. The van der Waals surface area contributed by atoms with Crippen molar-refractivity contribution in [3.63, 3.8) is 0 Å². The summed E-state index contributed by atoms with van der Waals surface area (Å²) >= 11 is 5.73. The van der Waals surface area contributed by atoms with Crippen molar-refractivity contribution < 1.29 is 13.2 Å². The van der Waals surface area contributed by atoms with E-state index in [4.69, 9.17) is 11.6 Å². The molecule has 1 nitrogen and oxygen atoms in total. The summed E-state index contributed by atoms with van der Waals surface area (Å²) in [6, 6.07) is 6.84. The Hall–Kier alpha value is -1.68. The molecular formula is C14H11ClF3N. The van der Waals surface area contributed by atoms with Gasteiger partial charge in [0.1, 0.15) is 17.5 Å². The number of benzene rings is 2. The van der Waals surface area contributed by atoms with E-state index in [1.54, 1.807) is 6.92 Å². The fourth-order valence-electron chi connectivity index (χ4n) is 1.80. The first-order valence-corrected chi connectivity index (χ1v) is 6.00. The molecule has 0 aliphatic carbocycles. The maximum absolute atomic E-state index is 13.2. The van der Waals surface area contributed by atoms with E-state index < -0.39 is 17.5 Å². The van der Waals surface area contributed by atoms with Gasteiger partial charge in [-0.15, -0.1) is 0 Å². The van der Waals surface area contributed by atoms with Crippen LogP contribution in [0.15, 0.2) is 36.4 Å². The van der Waals surface area contributed by atoms with E-state index in [-0.39, 0.29) is 11.1 Å². The van der Waals surface area contributed by atoms with Gasteiger partial charge in [0.05, 0.1) is 0 Å². The van der Waals surface area contributed by atoms with Gasteiger partial charge in [-0.2, -0.15) is 0 Å². The summed E-state index contributed by atoms with van der Waals surface area (Å²) in [7, 11) is 0. The van der Waals surface area contributed by atoms with Crippen LogP contribution < -0.4 is 5.32 Å². The Morgan fingerprint density at radius 3 is 2.05 bits per heavy atom. The Kier molecular flexibility index (Phi) is 4.00. The lowest BCUT2D eigenvalue weighted by atomic mass is 10.1. The molecule has 2 aromatic rings. The van der Waals surface area contributed by atoms with Crippen molar-refractivity contribution >= 4 is 17.3 Å². The third-order valence-corrected chi connectivity index (χ3v) is 2.85. The Morgan fingerprint density at radius 1 is 0.895 bits per heavy atom. The molecule has 0 heterocycles. The molecule has 2 aromatic carbocycles. The minimum atomic E-state index is -0.652. The summed E-state index contributed by atoms with van der Waals surface area (Å²) in [5.41, 5.74) is 0.875. The predicted octanol–water partition coefficient (Wildman–Crippen LogP) is 4.93. The van der Waals surface area contributed by atoms with Gasteiger partial charge in [-0.05, 0) is 42.8 Å². The Balaban J connectivity index is 2.22. The van der Waals surface area contributed by atoms with Crippen LogP contribution in [0.25, 0.3) is 0 Å². The summed E-state index contributed by atoms with van der Waals surface area (Å²) in [4.78, 5) is 0. The molecule has 1 atom stereocenters. The van der Waals surface area contributed by atoms with Crippen LogP contribution in [-0.4, -0.2) is 0 Å². The number of nitrogens with one attached hydrogen (secondary N) is 1. The van der Waals surface area contributed by atoms with Crippen molar-refractivity contribution in [1.82, 2.24) is 0 Å². The van der Waals surface area contributed by atoms with Crippen molar-refractivity contribution in [3.8, 4) is 0 Å². The van der Waals surface area contributed by atoms with E-state index in [1.807, 2.05) is 0 Å². The van der Waals surface area contributed by atoms with E-state index in [0.717, 1.165) is 6.07 Å². The highest BCUT2D eigenvalue weighted by molar-refractivity contribution is 6.30. The lowest BCUT2D eigenvalue weighted by molar-refractivity contribution is 0.577. The zero-order valence-corrected chi connectivity index (χ0v) is 10.8. The Morgan fingerprint density at radius 2 is 1.47 bits per heavy atom. The molecule has 5 heteroatoms. The zero-order chi connectivity index (χ0) is 14.0. The van der Waals surface area contributed by atoms with Crippen LogP contribution in [0.5, 0.6) is 0 Å². The van der Waals surface area contributed by atoms with E-state index in [0.29, 0.717) is 11.3 Å². The van der Waals surface area contributed by atoms with Gasteiger partial charge in [-0.3, -0.25) is 0 Å². The second-order valence-electron chi connectivity index (χ2n) is 4.23. The van der Waals surface area contributed by atoms with E-state index in [2.05, 4.69) is 5.32 Å². The van der Waals surface area contributed by atoms with Crippen molar-refractivity contribution in [2.24, 2.45) is 0 Å². The molecule has 0 aliphatic rings. The number of anilines is 1. The molecule has 19 heavy (non-hydrogen) atoms. The Labute approximate surface area is 114 Å². The number of hydrogen-bond acceptors (Lipinski definition) is 1. The van der Waals surface area contributed by atoms with Gasteiger partial charge in [0.25, 0.3) is 0 Å². The lowest BCUT2D eigenvalue weighted by Crippen LogP contribution is -2.07. The largest absolute Gasteiger partial charge is 0.378 e. The first-order valence-electron chi connectivity index (χ1n) is 5.62. The van der Waals surface area contributed by atoms with Crippen molar-refractivity contribution in [2.75, 3.05) is 5.32 Å². The molecule has 0 spiro atoms.